The molecule has 1 rings (SSSR count). The number of carbonyl (C=O) groups is 3. The highest BCUT2D eigenvalue weighted by Gasteiger charge is 2.21. The van der Waals surface area contributed by atoms with Gasteiger partial charge in [0.15, 0.2) is 0 Å². The van der Waals surface area contributed by atoms with Gasteiger partial charge in [0.1, 0.15) is 6.04 Å². The summed E-state index contributed by atoms with van der Waals surface area (Å²) >= 11 is 3.41. The molecule has 132 valence electrons. The Bertz CT molecular complexity index is 563. The number of carboxylic acids is 1. The Balaban J connectivity index is 2.46. The van der Waals surface area contributed by atoms with Crippen molar-refractivity contribution < 1.29 is 19.5 Å². The largest absolute Gasteiger partial charge is 0.480 e. The molecule has 0 radical (unpaired) electrons. The minimum atomic E-state index is -1.11. The molecule has 1 aromatic carbocycles. The first-order valence-electron chi connectivity index (χ1n) is 7.76. The Kier molecular flexibility index (Phi) is 8.46. The van der Waals surface area contributed by atoms with Crippen LogP contribution in [-0.4, -0.2) is 40.3 Å². The first-order chi connectivity index (χ1) is 11.3. The Morgan fingerprint density at radius 2 is 1.75 bits per heavy atom. The first kappa shape index (κ1) is 20.2. The first-order valence-corrected chi connectivity index (χ1v) is 8.68. The zero-order valence-electron chi connectivity index (χ0n) is 13.8. The summed E-state index contributed by atoms with van der Waals surface area (Å²) in [6.07, 6.45) is 0.448. The zero-order valence-corrected chi connectivity index (χ0v) is 15.4. The van der Waals surface area contributed by atoms with Gasteiger partial charge in [0.05, 0.1) is 6.54 Å². The van der Waals surface area contributed by atoms with E-state index in [1.54, 1.807) is 12.1 Å². The van der Waals surface area contributed by atoms with Crippen molar-refractivity contribution in [1.29, 1.82) is 0 Å². The lowest BCUT2D eigenvalue weighted by Crippen LogP contribution is -2.46. The number of rotatable bonds is 9. The van der Waals surface area contributed by atoms with E-state index in [2.05, 4.69) is 26.6 Å². The van der Waals surface area contributed by atoms with Crippen molar-refractivity contribution in [3.8, 4) is 0 Å². The number of benzene rings is 1. The minimum Gasteiger partial charge on any atom is -0.480 e. The minimum absolute atomic E-state index is 0.0328. The molecular weight excluding hydrogens is 376 g/mol. The number of carbonyl (C=O) groups excluding carboxylic acids is 2. The summed E-state index contributed by atoms with van der Waals surface area (Å²) in [7, 11) is 0. The molecule has 0 bridgehead atoms. The molecular formula is C17H23BrN2O4. The Morgan fingerprint density at radius 1 is 1.12 bits per heavy atom. The molecule has 0 spiro atoms. The van der Waals surface area contributed by atoms with Crippen molar-refractivity contribution in [2.75, 3.05) is 6.54 Å². The highest BCUT2D eigenvalue weighted by molar-refractivity contribution is 9.09. The molecule has 6 nitrogen and oxygen atoms in total. The number of carboxylic acid groups (broad SMARTS) is 1. The third-order valence-corrected chi connectivity index (χ3v) is 4.85. The summed E-state index contributed by atoms with van der Waals surface area (Å²) in [6, 6.07) is 8.01. The molecule has 1 aromatic rings. The molecule has 0 aromatic heterocycles. The molecule has 2 atom stereocenters. The van der Waals surface area contributed by atoms with Crippen LogP contribution in [0.5, 0.6) is 0 Å². The topological polar surface area (TPSA) is 95.5 Å². The van der Waals surface area contributed by atoms with Crippen LogP contribution in [0.25, 0.3) is 0 Å². The second kappa shape index (κ2) is 10.1. The predicted octanol–water partition coefficient (Wildman–Crippen LogP) is 1.72. The van der Waals surface area contributed by atoms with E-state index in [9.17, 15) is 19.5 Å². The van der Waals surface area contributed by atoms with E-state index in [4.69, 9.17) is 0 Å². The molecule has 7 heteroatoms. The van der Waals surface area contributed by atoms with Gasteiger partial charge in [0.25, 0.3) is 0 Å². The summed E-state index contributed by atoms with van der Waals surface area (Å²) < 4.78 is 0. The van der Waals surface area contributed by atoms with Crippen molar-refractivity contribution in [3.05, 3.63) is 35.9 Å². The van der Waals surface area contributed by atoms with Crippen molar-refractivity contribution in [1.82, 2.24) is 10.6 Å². The summed E-state index contributed by atoms with van der Waals surface area (Å²) in [5.41, 5.74) is 0.813. The summed E-state index contributed by atoms with van der Waals surface area (Å²) in [5, 5.41) is 14.2. The van der Waals surface area contributed by atoms with E-state index in [0.29, 0.717) is 5.92 Å². The SMILES string of the molecule is CC(C)C(Br)CC(=O)NCC(=O)NC(Cc1ccccc1)C(=O)O. The average molecular weight is 399 g/mol. The van der Waals surface area contributed by atoms with Gasteiger partial charge in [-0.3, -0.25) is 9.59 Å². The van der Waals surface area contributed by atoms with Crippen molar-refractivity contribution >= 4 is 33.7 Å². The fourth-order valence-corrected chi connectivity index (χ4v) is 2.25. The fraction of sp³-hybridized carbons (Fsp3) is 0.471. The standard InChI is InChI=1S/C17H23BrN2O4/c1-11(2)13(18)9-15(21)19-10-16(22)20-14(17(23)24)8-12-6-4-3-5-7-12/h3-7,11,13-14H,8-10H2,1-2H3,(H,19,21)(H,20,22)(H,23,24). The molecule has 0 saturated heterocycles. The number of amides is 2. The van der Waals surface area contributed by atoms with Crippen molar-refractivity contribution in [3.63, 3.8) is 0 Å². The molecule has 0 fully saturated rings. The smallest absolute Gasteiger partial charge is 0.326 e. The monoisotopic (exact) mass is 398 g/mol. The van der Waals surface area contributed by atoms with Crippen molar-refractivity contribution in [2.45, 2.75) is 37.6 Å². The quantitative estimate of drug-likeness (QED) is 0.551. The van der Waals surface area contributed by atoms with E-state index < -0.39 is 17.9 Å². The lowest BCUT2D eigenvalue weighted by molar-refractivity contribution is -0.141. The van der Waals surface area contributed by atoms with E-state index >= 15 is 0 Å². The average Bonchev–Trinajstić information content (AvgIpc) is 2.53. The van der Waals surface area contributed by atoms with E-state index in [1.165, 1.54) is 0 Å². The maximum absolute atomic E-state index is 11.9. The normalized spacial score (nSPS) is 13.2. The molecule has 0 saturated carbocycles. The second-order valence-electron chi connectivity index (χ2n) is 5.89. The van der Waals surface area contributed by atoms with Gasteiger partial charge in [-0.1, -0.05) is 60.1 Å². The highest BCUT2D eigenvalue weighted by Crippen LogP contribution is 2.15. The summed E-state index contributed by atoms with van der Waals surface area (Å²) in [5.74, 6) is -1.59. The van der Waals surface area contributed by atoms with Crippen LogP contribution in [0, 0.1) is 5.92 Å². The molecule has 0 aliphatic rings. The molecule has 0 heterocycles. The van der Waals surface area contributed by atoms with Crippen LogP contribution in [0.4, 0.5) is 0 Å². The van der Waals surface area contributed by atoms with E-state index in [0.717, 1.165) is 5.56 Å². The number of halogens is 1. The number of hydrogen-bond acceptors (Lipinski definition) is 3. The summed E-state index contributed by atoms with van der Waals surface area (Å²) in [6.45, 7) is 3.73. The van der Waals surface area contributed by atoms with Gasteiger partial charge in [0.2, 0.25) is 11.8 Å². The lowest BCUT2D eigenvalue weighted by atomic mass is 10.1. The van der Waals surface area contributed by atoms with Crippen LogP contribution in [0.2, 0.25) is 0 Å². The molecule has 0 aliphatic heterocycles. The number of alkyl halides is 1. The van der Waals surface area contributed by atoms with Gasteiger partial charge < -0.3 is 15.7 Å². The number of aliphatic carboxylic acids is 1. The fourth-order valence-electron chi connectivity index (χ4n) is 1.96. The third-order valence-electron chi connectivity index (χ3n) is 3.47. The predicted molar refractivity (Wildman–Crippen MR) is 94.9 cm³/mol. The van der Waals surface area contributed by atoms with Crippen molar-refractivity contribution in [2.24, 2.45) is 5.92 Å². The van der Waals surface area contributed by atoms with Gasteiger partial charge in [-0.2, -0.15) is 0 Å². The van der Waals surface area contributed by atoms with Crippen LogP contribution in [0.3, 0.4) is 0 Å². The maximum Gasteiger partial charge on any atom is 0.326 e. The van der Waals surface area contributed by atoms with Crippen LogP contribution in [-0.2, 0) is 20.8 Å². The maximum atomic E-state index is 11.9. The third kappa shape index (κ3) is 7.59. The second-order valence-corrected chi connectivity index (χ2v) is 7.07. The zero-order chi connectivity index (χ0) is 18.1. The van der Waals surface area contributed by atoms with Gasteiger partial charge in [-0.25, -0.2) is 4.79 Å². The van der Waals surface area contributed by atoms with Crippen LogP contribution < -0.4 is 10.6 Å². The lowest BCUT2D eigenvalue weighted by Gasteiger charge is -2.16. The highest BCUT2D eigenvalue weighted by atomic mass is 79.9. The molecule has 3 N–H and O–H groups in total. The van der Waals surface area contributed by atoms with Gasteiger partial charge in [0, 0.05) is 17.7 Å². The Labute approximate surface area is 150 Å². The molecule has 0 aliphatic carbocycles. The molecule has 2 unspecified atom stereocenters. The van der Waals surface area contributed by atoms with Gasteiger partial charge in [-0.15, -0.1) is 0 Å². The number of hydrogen-bond donors (Lipinski definition) is 3. The Hall–Kier alpha value is -1.89. The molecule has 24 heavy (non-hydrogen) atoms. The molecule has 2 amide bonds. The Morgan fingerprint density at radius 3 is 2.29 bits per heavy atom. The van der Waals surface area contributed by atoms with E-state index in [-0.39, 0.29) is 30.1 Å². The van der Waals surface area contributed by atoms with Crippen LogP contribution in [0.1, 0.15) is 25.8 Å². The van der Waals surface area contributed by atoms with Crippen LogP contribution in [0.15, 0.2) is 30.3 Å². The summed E-state index contributed by atoms with van der Waals surface area (Å²) in [4.78, 5) is 34.9. The van der Waals surface area contributed by atoms with E-state index in [1.807, 2.05) is 32.0 Å². The van der Waals surface area contributed by atoms with Gasteiger partial charge in [-0.05, 0) is 11.5 Å². The van der Waals surface area contributed by atoms with Crippen LogP contribution >= 0.6 is 15.9 Å². The number of nitrogens with one attached hydrogen (secondary N) is 2. The van der Waals surface area contributed by atoms with Gasteiger partial charge >= 0.3 is 5.97 Å².